The van der Waals surface area contributed by atoms with Crippen molar-refractivity contribution >= 4 is 11.7 Å². The number of hydrogen-bond acceptors (Lipinski definition) is 3. The maximum absolute atomic E-state index is 13.3. The van der Waals surface area contributed by atoms with Crippen molar-refractivity contribution in [3.8, 4) is 0 Å². The number of nitrogens with zero attached hydrogens (tertiary/aromatic N) is 1. The molecule has 160 valence electrons. The van der Waals surface area contributed by atoms with E-state index < -0.39 is 0 Å². The van der Waals surface area contributed by atoms with Crippen LogP contribution in [0.4, 0.5) is 0 Å². The highest BCUT2D eigenvalue weighted by Crippen LogP contribution is 2.65. The predicted octanol–water partition coefficient (Wildman–Crippen LogP) is 4.59. The summed E-state index contributed by atoms with van der Waals surface area (Å²) in [6, 6.07) is -0.250. The van der Waals surface area contributed by atoms with E-state index in [4.69, 9.17) is 0 Å². The van der Waals surface area contributed by atoms with Gasteiger partial charge >= 0.3 is 0 Å². The van der Waals surface area contributed by atoms with E-state index in [0.29, 0.717) is 18.3 Å². The van der Waals surface area contributed by atoms with E-state index in [1.54, 1.807) is 0 Å². The zero-order chi connectivity index (χ0) is 20.3. The number of carbonyl (C=O) groups excluding carboxylic acids is 2. The zero-order valence-electron chi connectivity index (χ0n) is 18.3. The van der Waals surface area contributed by atoms with E-state index in [-0.39, 0.29) is 41.6 Å². The number of aliphatic hydroxyl groups is 1. The van der Waals surface area contributed by atoms with Crippen LogP contribution in [0.5, 0.6) is 0 Å². The summed E-state index contributed by atoms with van der Waals surface area (Å²) in [5, 5.41) is 9.81. The lowest BCUT2D eigenvalue weighted by Crippen LogP contribution is -2.47. The van der Waals surface area contributed by atoms with Crippen LogP contribution in [0.15, 0.2) is 0 Å². The van der Waals surface area contributed by atoms with Gasteiger partial charge in [-0.15, -0.1) is 0 Å². The lowest BCUT2D eigenvalue weighted by molar-refractivity contribution is -0.143. The summed E-state index contributed by atoms with van der Waals surface area (Å²) in [5.74, 6) is 1.24. The van der Waals surface area contributed by atoms with Crippen LogP contribution in [0.1, 0.15) is 91.4 Å². The Kier molecular flexibility index (Phi) is 7.22. The standard InChI is InChI=1S/C24H41NO3/c1-17-12-10-8-6-4-5-7-9-11-13-18(16-26)14-20(27)22-21-19(24(21,2)3)15-25(22)23(17)28/h17-19,21-22,26H,4-16H2,1-3H3/t17-,18+,19-,21-,22+/m0/s1. The molecule has 0 radical (unpaired) electrons. The molecule has 5 atom stereocenters. The highest BCUT2D eigenvalue weighted by Gasteiger charge is 2.69. The average Bonchev–Trinajstić information content (AvgIpc) is 3.02. The Balaban J connectivity index is 1.72. The first-order chi connectivity index (χ1) is 13.4. The van der Waals surface area contributed by atoms with Crippen LogP contribution in [0.3, 0.4) is 0 Å². The third kappa shape index (κ3) is 4.63. The monoisotopic (exact) mass is 391 g/mol. The minimum absolute atomic E-state index is 0.0141. The average molecular weight is 392 g/mol. The Labute approximate surface area is 171 Å². The van der Waals surface area contributed by atoms with Crippen molar-refractivity contribution in [2.45, 2.75) is 97.4 Å². The molecule has 2 aliphatic heterocycles. The molecule has 1 N–H and O–H groups in total. The molecule has 1 aliphatic carbocycles. The molecule has 2 saturated heterocycles. The molecule has 3 aliphatic rings. The SMILES string of the molecule is C[C@H]1CCCCCCCCCC[C@@H](CO)CC(=O)[C@@H]2[C@@H]3[C@H](CN2C1=O)C3(C)C. The van der Waals surface area contributed by atoms with Crippen molar-refractivity contribution < 1.29 is 14.7 Å². The quantitative estimate of drug-likeness (QED) is 0.711. The lowest BCUT2D eigenvalue weighted by atomic mass is 9.89. The number of ketones is 1. The highest BCUT2D eigenvalue weighted by molar-refractivity contribution is 5.91. The number of rotatable bonds is 1. The summed E-state index contributed by atoms with van der Waals surface area (Å²) >= 11 is 0. The molecule has 2 heterocycles. The van der Waals surface area contributed by atoms with Crippen molar-refractivity contribution in [1.29, 1.82) is 0 Å². The molecular weight excluding hydrogens is 350 g/mol. The second-order valence-electron chi connectivity index (χ2n) is 10.4. The molecule has 3 fully saturated rings. The Morgan fingerprint density at radius 3 is 2.14 bits per heavy atom. The van der Waals surface area contributed by atoms with E-state index in [2.05, 4.69) is 13.8 Å². The van der Waals surface area contributed by atoms with Gasteiger partial charge in [-0.1, -0.05) is 72.1 Å². The number of aliphatic hydroxyl groups excluding tert-OH is 1. The first-order valence-corrected chi connectivity index (χ1v) is 11.8. The number of carbonyl (C=O) groups is 2. The van der Waals surface area contributed by atoms with Crippen molar-refractivity contribution in [2.75, 3.05) is 13.2 Å². The maximum Gasteiger partial charge on any atom is 0.226 e. The lowest BCUT2D eigenvalue weighted by Gasteiger charge is -2.32. The third-order valence-electron chi connectivity index (χ3n) is 7.99. The van der Waals surface area contributed by atoms with Crippen molar-refractivity contribution in [2.24, 2.45) is 29.1 Å². The smallest absolute Gasteiger partial charge is 0.226 e. The molecule has 0 aromatic carbocycles. The van der Waals surface area contributed by atoms with Crippen molar-refractivity contribution in [3.05, 3.63) is 0 Å². The molecule has 28 heavy (non-hydrogen) atoms. The second kappa shape index (κ2) is 9.28. The van der Waals surface area contributed by atoms with Crippen LogP contribution in [0.2, 0.25) is 0 Å². The summed E-state index contributed by atoms with van der Waals surface area (Å²) in [7, 11) is 0. The molecule has 3 rings (SSSR count). The first-order valence-electron chi connectivity index (χ1n) is 11.8. The van der Waals surface area contributed by atoms with E-state index >= 15 is 0 Å². The Hall–Kier alpha value is -0.900. The molecule has 0 spiro atoms. The van der Waals surface area contributed by atoms with Crippen molar-refractivity contribution in [3.63, 3.8) is 0 Å². The van der Waals surface area contributed by atoms with Crippen LogP contribution in [-0.2, 0) is 9.59 Å². The third-order valence-corrected chi connectivity index (χ3v) is 7.99. The fraction of sp³-hybridized carbons (Fsp3) is 0.917. The summed E-state index contributed by atoms with van der Waals surface area (Å²) in [6.07, 6.45) is 12.0. The molecule has 1 amide bonds. The van der Waals surface area contributed by atoms with E-state index in [9.17, 15) is 14.7 Å². The summed E-state index contributed by atoms with van der Waals surface area (Å²) in [4.78, 5) is 28.4. The molecule has 0 bridgehead atoms. The first kappa shape index (κ1) is 21.8. The minimum Gasteiger partial charge on any atom is -0.396 e. The molecule has 4 nitrogen and oxygen atoms in total. The largest absolute Gasteiger partial charge is 0.396 e. The number of Topliss-reactive ketones (excluding diaryl/α,β-unsaturated/α-hetero) is 1. The molecule has 4 heteroatoms. The van der Waals surface area contributed by atoms with Crippen LogP contribution >= 0.6 is 0 Å². The topological polar surface area (TPSA) is 57.6 Å². The van der Waals surface area contributed by atoms with E-state index in [0.717, 1.165) is 32.2 Å². The van der Waals surface area contributed by atoms with Gasteiger partial charge in [-0.25, -0.2) is 0 Å². The van der Waals surface area contributed by atoms with Gasteiger partial charge in [0.1, 0.15) is 0 Å². The van der Waals surface area contributed by atoms with Gasteiger partial charge < -0.3 is 10.0 Å². The van der Waals surface area contributed by atoms with Crippen LogP contribution < -0.4 is 0 Å². The zero-order valence-corrected chi connectivity index (χ0v) is 18.3. The van der Waals surface area contributed by atoms with Crippen LogP contribution in [0.25, 0.3) is 0 Å². The van der Waals surface area contributed by atoms with E-state index in [1.807, 2.05) is 11.8 Å². The number of amides is 1. The van der Waals surface area contributed by atoms with E-state index in [1.165, 1.54) is 38.5 Å². The summed E-state index contributed by atoms with van der Waals surface area (Å²) in [5.41, 5.74) is 0.174. The molecule has 0 unspecified atom stereocenters. The number of piperidine rings is 1. The summed E-state index contributed by atoms with van der Waals surface area (Å²) < 4.78 is 0. The van der Waals surface area contributed by atoms with Crippen LogP contribution in [-0.4, -0.2) is 40.9 Å². The van der Waals surface area contributed by atoms with Gasteiger partial charge in [0, 0.05) is 25.5 Å². The fourth-order valence-corrected chi connectivity index (χ4v) is 5.90. The maximum atomic E-state index is 13.3. The fourth-order valence-electron chi connectivity index (χ4n) is 5.90. The van der Waals surface area contributed by atoms with Gasteiger partial charge in [0.15, 0.2) is 5.78 Å². The van der Waals surface area contributed by atoms with Gasteiger partial charge in [-0.3, -0.25) is 9.59 Å². The second-order valence-corrected chi connectivity index (χ2v) is 10.4. The van der Waals surface area contributed by atoms with Crippen LogP contribution in [0, 0.1) is 29.1 Å². The molecule has 0 aromatic rings. The molecule has 0 aromatic heterocycles. The van der Waals surface area contributed by atoms with Crippen molar-refractivity contribution in [1.82, 2.24) is 4.90 Å². The van der Waals surface area contributed by atoms with Gasteiger partial charge in [-0.05, 0) is 36.0 Å². The van der Waals surface area contributed by atoms with Gasteiger partial charge in [0.05, 0.1) is 6.04 Å². The Morgan fingerprint density at radius 1 is 0.964 bits per heavy atom. The Morgan fingerprint density at radius 2 is 1.54 bits per heavy atom. The number of fused-ring (bicyclic) bond motifs is 3. The normalized spacial score (nSPS) is 37.9. The van der Waals surface area contributed by atoms with Gasteiger partial charge in [0.25, 0.3) is 0 Å². The van der Waals surface area contributed by atoms with Gasteiger partial charge in [-0.2, -0.15) is 0 Å². The minimum atomic E-state index is -0.250. The number of hydrogen-bond donors (Lipinski definition) is 1. The predicted molar refractivity (Wildman–Crippen MR) is 112 cm³/mol. The highest BCUT2D eigenvalue weighted by atomic mass is 16.3. The summed E-state index contributed by atoms with van der Waals surface area (Å²) in [6.45, 7) is 7.37. The molecule has 1 saturated carbocycles. The molecular formula is C24H41NO3. The van der Waals surface area contributed by atoms with Gasteiger partial charge in [0.2, 0.25) is 5.91 Å². The Bertz CT molecular complexity index is 558.